The number of carbonyl (C=O) groups excluding carboxylic acids is 3. The first kappa shape index (κ1) is 65.4. The van der Waals surface area contributed by atoms with E-state index in [9.17, 15) is 14.4 Å². The molecule has 0 aliphatic rings. The van der Waals surface area contributed by atoms with Gasteiger partial charge in [0, 0.05) is 19.3 Å². The largest absolute Gasteiger partial charge is 0.462 e. The molecule has 6 nitrogen and oxygen atoms in total. The monoisotopic (exact) mass is 947 g/mol. The molecule has 0 aromatic heterocycles. The van der Waals surface area contributed by atoms with Gasteiger partial charge in [-0.2, -0.15) is 0 Å². The van der Waals surface area contributed by atoms with Gasteiger partial charge in [0.2, 0.25) is 0 Å². The highest BCUT2D eigenvalue weighted by Gasteiger charge is 2.19. The molecule has 0 aromatic carbocycles. The lowest BCUT2D eigenvalue weighted by Crippen LogP contribution is -2.30. The minimum Gasteiger partial charge on any atom is -0.462 e. The van der Waals surface area contributed by atoms with Crippen molar-refractivity contribution in [3.8, 4) is 0 Å². The standard InChI is InChI=1S/C61H118O6/c1-6-8-9-10-11-12-13-14-15-16-17-21-24-27-30-36-41-46-51-59(62)65-54-58(55-66-60(63)52-47-42-37-33-32-35-40-45-50-57(5)7-2)67-61(64)53-48-43-38-31-28-25-22-19-18-20-23-26-29-34-39-44-49-56(3)4/h56-58H,6-55H2,1-5H3/t57?,58-/m1/s1. The molecule has 2 atom stereocenters. The van der Waals surface area contributed by atoms with Crippen LogP contribution in [0, 0.1) is 11.8 Å². The Morgan fingerprint density at radius 3 is 0.851 bits per heavy atom. The zero-order valence-electron chi connectivity index (χ0n) is 46.0. The van der Waals surface area contributed by atoms with Crippen LogP contribution < -0.4 is 0 Å². The summed E-state index contributed by atoms with van der Waals surface area (Å²) < 4.78 is 16.9. The first-order valence-corrected chi connectivity index (χ1v) is 30.3. The molecule has 0 aliphatic heterocycles. The number of unbranched alkanes of at least 4 members (excludes halogenated alkanes) is 39. The first-order valence-electron chi connectivity index (χ1n) is 30.3. The maximum Gasteiger partial charge on any atom is 0.306 e. The van der Waals surface area contributed by atoms with E-state index >= 15 is 0 Å². The quantitative estimate of drug-likeness (QED) is 0.0343. The maximum absolute atomic E-state index is 12.9. The summed E-state index contributed by atoms with van der Waals surface area (Å²) in [6, 6.07) is 0. The van der Waals surface area contributed by atoms with Gasteiger partial charge in [-0.15, -0.1) is 0 Å². The molecule has 0 rings (SSSR count). The van der Waals surface area contributed by atoms with Gasteiger partial charge in [-0.1, -0.05) is 304 Å². The summed E-state index contributed by atoms with van der Waals surface area (Å²) in [7, 11) is 0. The average Bonchev–Trinajstić information content (AvgIpc) is 3.31. The molecule has 6 heteroatoms. The highest BCUT2D eigenvalue weighted by molar-refractivity contribution is 5.71. The third-order valence-electron chi connectivity index (χ3n) is 14.3. The Labute approximate surface area is 418 Å². The third-order valence-corrected chi connectivity index (χ3v) is 14.3. The van der Waals surface area contributed by atoms with Crippen molar-refractivity contribution >= 4 is 17.9 Å². The van der Waals surface area contributed by atoms with Crippen molar-refractivity contribution in [2.75, 3.05) is 13.2 Å². The van der Waals surface area contributed by atoms with Crippen LogP contribution in [0.3, 0.4) is 0 Å². The fraction of sp³-hybridized carbons (Fsp3) is 0.951. The summed E-state index contributed by atoms with van der Waals surface area (Å²) in [5.41, 5.74) is 0. The lowest BCUT2D eigenvalue weighted by Gasteiger charge is -2.18. The predicted octanol–water partition coefficient (Wildman–Crippen LogP) is 20.0. The average molecular weight is 948 g/mol. The lowest BCUT2D eigenvalue weighted by atomic mass is 9.99. The molecule has 0 fully saturated rings. The fourth-order valence-electron chi connectivity index (χ4n) is 9.37. The SMILES string of the molecule is CCCCCCCCCCCCCCCCCCCCC(=O)OC[C@H](COC(=O)CCCCCCCCCCC(C)CC)OC(=O)CCCCCCCCCCCCCCCCCCC(C)C. The van der Waals surface area contributed by atoms with Crippen LogP contribution >= 0.6 is 0 Å². The zero-order chi connectivity index (χ0) is 48.9. The van der Waals surface area contributed by atoms with Gasteiger partial charge in [0.05, 0.1) is 0 Å². The minimum absolute atomic E-state index is 0.0627. The summed E-state index contributed by atoms with van der Waals surface area (Å²) >= 11 is 0. The molecule has 0 spiro atoms. The Kier molecular flexibility index (Phi) is 52.5. The van der Waals surface area contributed by atoms with E-state index in [4.69, 9.17) is 14.2 Å². The van der Waals surface area contributed by atoms with Crippen LogP contribution in [0.15, 0.2) is 0 Å². The van der Waals surface area contributed by atoms with Gasteiger partial charge < -0.3 is 14.2 Å². The number of rotatable bonds is 55. The topological polar surface area (TPSA) is 78.9 Å². The van der Waals surface area contributed by atoms with Gasteiger partial charge in [0.15, 0.2) is 6.10 Å². The molecule has 1 unspecified atom stereocenters. The summed E-state index contributed by atoms with van der Waals surface area (Å²) in [6.45, 7) is 11.4. The Morgan fingerprint density at radius 1 is 0.313 bits per heavy atom. The van der Waals surface area contributed by atoms with Crippen molar-refractivity contribution in [3.63, 3.8) is 0 Å². The van der Waals surface area contributed by atoms with Gasteiger partial charge in [-0.05, 0) is 31.1 Å². The van der Waals surface area contributed by atoms with Crippen LogP contribution in [0.25, 0.3) is 0 Å². The fourth-order valence-corrected chi connectivity index (χ4v) is 9.37. The van der Waals surface area contributed by atoms with E-state index in [0.29, 0.717) is 19.3 Å². The minimum atomic E-state index is -0.763. The van der Waals surface area contributed by atoms with Crippen molar-refractivity contribution in [2.45, 2.75) is 349 Å². The second-order valence-electron chi connectivity index (χ2n) is 21.7. The van der Waals surface area contributed by atoms with E-state index in [1.165, 1.54) is 231 Å². The molecule has 398 valence electrons. The van der Waals surface area contributed by atoms with Gasteiger partial charge >= 0.3 is 17.9 Å². The molecule has 0 aliphatic carbocycles. The van der Waals surface area contributed by atoms with E-state index < -0.39 is 6.10 Å². The molecular weight excluding hydrogens is 829 g/mol. The number of hydrogen-bond donors (Lipinski definition) is 0. The van der Waals surface area contributed by atoms with Crippen molar-refractivity contribution in [1.29, 1.82) is 0 Å². The summed E-state index contributed by atoms with van der Waals surface area (Å²) in [6.07, 6.45) is 58.1. The van der Waals surface area contributed by atoms with E-state index in [2.05, 4.69) is 34.6 Å². The zero-order valence-corrected chi connectivity index (χ0v) is 46.0. The van der Waals surface area contributed by atoms with Crippen LogP contribution in [-0.4, -0.2) is 37.2 Å². The number of carbonyl (C=O) groups is 3. The van der Waals surface area contributed by atoms with Gasteiger partial charge in [0.1, 0.15) is 13.2 Å². The summed E-state index contributed by atoms with van der Waals surface area (Å²) in [4.78, 5) is 38.2. The normalized spacial score (nSPS) is 12.4. The molecule has 67 heavy (non-hydrogen) atoms. The van der Waals surface area contributed by atoms with Crippen molar-refractivity contribution in [1.82, 2.24) is 0 Å². The second-order valence-corrected chi connectivity index (χ2v) is 21.7. The number of hydrogen-bond acceptors (Lipinski definition) is 6. The highest BCUT2D eigenvalue weighted by atomic mass is 16.6. The van der Waals surface area contributed by atoms with Crippen LogP contribution in [0.1, 0.15) is 343 Å². The highest BCUT2D eigenvalue weighted by Crippen LogP contribution is 2.19. The van der Waals surface area contributed by atoms with Crippen LogP contribution in [0.5, 0.6) is 0 Å². The Balaban J connectivity index is 4.27. The molecular formula is C61H118O6. The molecule has 0 bridgehead atoms. The third kappa shape index (κ3) is 53.6. The Bertz CT molecular complexity index is 1030. The molecule has 0 saturated heterocycles. The molecule has 0 amide bonds. The lowest BCUT2D eigenvalue weighted by molar-refractivity contribution is -0.167. The van der Waals surface area contributed by atoms with Gasteiger partial charge in [-0.25, -0.2) is 0 Å². The van der Waals surface area contributed by atoms with Crippen LogP contribution in [0.4, 0.5) is 0 Å². The van der Waals surface area contributed by atoms with Gasteiger partial charge in [-0.3, -0.25) is 14.4 Å². The summed E-state index contributed by atoms with van der Waals surface area (Å²) in [5, 5.41) is 0. The van der Waals surface area contributed by atoms with E-state index in [1.807, 2.05) is 0 Å². The van der Waals surface area contributed by atoms with Gasteiger partial charge in [0.25, 0.3) is 0 Å². The number of esters is 3. The molecule has 0 N–H and O–H groups in total. The molecule has 0 heterocycles. The smallest absolute Gasteiger partial charge is 0.306 e. The first-order chi connectivity index (χ1) is 32.8. The molecule has 0 radical (unpaired) electrons. The Hall–Kier alpha value is -1.59. The Morgan fingerprint density at radius 2 is 0.567 bits per heavy atom. The van der Waals surface area contributed by atoms with Crippen LogP contribution in [0.2, 0.25) is 0 Å². The van der Waals surface area contributed by atoms with Crippen LogP contribution in [-0.2, 0) is 28.6 Å². The van der Waals surface area contributed by atoms with Crippen molar-refractivity contribution in [3.05, 3.63) is 0 Å². The van der Waals surface area contributed by atoms with E-state index in [-0.39, 0.29) is 31.1 Å². The predicted molar refractivity (Wildman–Crippen MR) is 289 cm³/mol. The van der Waals surface area contributed by atoms with E-state index in [0.717, 1.165) is 69.6 Å². The molecule has 0 aromatic rings. The number of ether oxygens (including phenoxy) is 3. The maximum atomic E-state index is 12.9. The van der Waals surface area contributed by atoms with E-state index in [1.54, 1.807) is 0 Å². The second kappa shape index (κ2) is 53.8. The van der Waals surface area contributed by atoms with Crippen molar-refractivity contribution < 1.29 is 28.6 Å². The summed E-state index contributed by atoms with van der Waals surface area (Å²) in [5.74, 6) is 0.862. The van der Waals surface area contributed by atoms with Crippen molar-refractivity contribution in [2.24, 2.45) is 11.8 Å². The molecule has 0 saturated carbocycles.